The second-order valence-corrected chi connectivity index (χ2v) is 3.69. The van der Waals surface area contributed by atoms with Gasteiger partial charge in [-0.15, -0.1) is 6.58 Å². The molecule has 0 fully saturated rings. The van der Waals surface area contributed by atoms with Gasteiger partial charge in [0.15, 0.2) is 0 Å². The van der Waals surface area contributed by atoms with Crippen LogP contribution in [0.15, 0.2) is 35.5 Å². The van der Waals surface area contributed by atoms with E-state index in [0.717, 1.165) is 6.42 Å². The van der Waals surface area contributed by atoms with Gasteiger partial charge in [0.25, 0.3) is 0 Å². The van der Waals surface area contributed by atoms with Gasteiger partial charge in [-0.05, 0) is 47.0 Å². The molecule has 0 nitrogen and oxygen atoms in total. The van der Waals surface area contributed by atoms with E-state index in [-0.39, 0.29) is 0 Å². The molecule has 0 aromatic heterocycles. The topological polar surface area (TPSA) is 0 Å². The smallest absolute Gasteiger partial charge is 0.0142 e. The lowest BCUT2D eigenvalue weighted by molar-refractivity contribution is 0.897. The molecule has 0 saturated carbocycles. The summed E-state index contributed by atoms with van der Waals surface area (Å²) < 4.78 is 0. The van der Waals surface area contributed by atoms with Crippen LogP contribution in [0.2, 0.25) is 0 Å². The highest BCUT2D eigenvalue weighted by molar-refractivity contribution is 5.14. The predicted octanol–water partition coefficient (Wildman–Crippen LogP) is 4.65. The summed E-state index contributed by atoms with van der Waals surface area (Å²) in [6.45, 7) is 12.5. The summed E-state index contributed by atoms with van der Waals surface area (Å²) in [6.07, 6.45) is 7.57. The molecule has 0 heterocycles. The van der Waals surface area contributed by atoms with Gasteiger partial charge >= 0.3 is 0 Å². The molecule has 0 aliphatic carbocycles. The maximum Gasteiger partial charge on any atom is -0.0142 e. The van der Waals surface area contributed by atoms with E-state index in [4.69, 9.17) is 0 Å². The van der Waals surface area contributed by atoms with Crippen molar-refractivity contribution in [1.29, 1.82) is 0 Å². The third-order valence-corrected chi connectivity index (χ3v) is 2.57. The number of rotatable bonds is 5. The summed E-state index contributed by atoms with van der Waals surface area (Å²) in [6, 6.07) is 0. The van der Waals surface area contributed by atoms with Gasteiger partial charge in [-0.1, -0.05) is 28.9 Å². The zero-order valence-corrected chi connectivity index (χ0v) is 9.48. The highest BCUT2D eigenvalue weighted by Crippen LogP contribution is 2.16. The van der Waals surface area contributed by atoms with Crippen LogP contribution in [0.3, 0.4) is 0 Å². The largest absolute Gasteiger partial charge is 0.103 e. The maximum absolute atomic E-state index is 3.75. The summed E-state index contributed by atoms with van der Waals surface area (Å²) in [4.78, 5) is 0. The Balaban J connectivity index is 4.05. The summed E-state index contributed by atoms with van der Waals surface area (Å²) >= 11 is 0. The molecule has 0 atom stereocenters. The normalized spacial score (nSPS) is 14.0. The maximum atomic E-state index is 3.75. The summed E-state index contributed by atoms with van der Waals surface area (Å²) in [5.74, 6) is 0. The molecule has 13 heavy (non-hydrogen) atoms. The van der Waals surface area contributed by atoms with Crippen LogP contribution in [-0.2, 0) is 0 Å². The SMILES string of the molecule is C=CCC(C)=C(C)CCC(C)=CC. The van der Waals surface area contributed by atoms with Gasteiger partial charge in [0.2, 0.25) is 0 Å². The van der Waals surface area contributed by atoms with E-state index in [2.05, 4.69) is 40.3 Å². The average Bonchev–Trinajstić information content (AvgIpc) is 2.13. The Morgan fingerprint density at radius 2 is 1.69 bits per heavy atom. The molecule has 0 bridgehead atoms. The minimum Gasteiger partial charge on any atom is -0.103 e. The molecule has 0 aromatic carbocycles. The first kappa shape index (κ1) is 12.2. The Morgan fingerprint density at radius 1 is 1.08 bits per heavy atom. The molecule has 0 radical (unpaired) electrons. The first-order valence-electron chi connectivity index (χ1n) is 4.99. The molecule has 0 spiro atoms. The lowest BCUT2D eigenvalue weighted by atomic mass is 10.0. The molecular weight excluding hydrogens is 156 g/mol. The molecule has 0 heteroatoms. The zero-order valence-electron chi connectivity index (χ0n) is 9.48. The van der Waals surface area contributed by atoms with Crippen LogP contribution in [0.25, 0.3) is 0 Å². The van der Waals surface area contributed by atoms with E-state index in [9.17, 15) is 0 Å². The van der Waals surface area contributed by atoms with Crippen molar-refractivity contribution in [3.05, 3.63) is 35.5 Å². The molecule has 0 N–H and O–H groups in total. The molecule has 0 aliphatic heterocycles. The van der Waals surface area contributed by atoms with E-state index in [0.29, 0.717) is 0 Å². The van der Waals surface area contributed by atoms with Crippen LogP contribution < -0.4 is 0 Å². The van der Waals surface area contributed by atoms with Crippen molar-refractivity contribution in [2.45, 2.75) is 47.0 Å². The Hall–Kier alpha value is -0.780. The first-order chi connectivity index (χ1) is 6.11. The van der Waals surface area contributed by atoms with Gasteiger partial charge in [-0.3, -0.25) is 0 Å². The Kier molecular flexibility index (Phi) is 6.30. The number of hydrogen-bond acceptors (Lipinski definition) is 0. The van der Waals surface area contributed by atoms with Gasteiger partial charge in [0, 0.05) is 0 Å². The Labute approximate surface area is 83.0 Å². The third-order valence-electron chi connectivity index (χ3n) is 2.57. The summed E-state index contributed by atoms with van der Waals surface area (Å²) in [5, 5.41) is 0. The molecule has 0 aromatic rings. The molecule has 74 valence electrons. The standard InChI is InChI=1S/C13H22/c1-6-8-12(4)13(5)10-9-11(3)7-2/h6-7H,1,8-10H2,2-5H3. The number of allylic oxidation sites excluding steroid dienone is 5. The summed E-state index contributed by atoms with van der Waals surface area (Å²) in [5.41, 5.74) is 4.46. The van der Waals surface area contributed by atoms with E-state index < -0.39 is 0 Å². The van der Waals surface area contributed by atoms with Crippen LogP contribution in [0, 0.1) is 0 Å². The Morgan fingerprint density at radius 3 is 2.15 bits per heavy atom. The predicted molar refractivity (Wildman–Crippen MR) is 61.9 cm³/mol. The molecule has 0 saturated heterocycles. The fraction of sp³-hybridized carbons (Fsp3) is 0.538. The van der Waals surface area contributed by atoms with Crippen LogP contribution >= 0.6 is 0 Å². The van der Waals surface area contributed by atoms with E-state index >= 15 is 0 Å². The lowest BCUT2D eigenvalue weighted by Gasteiger charge is -2.05. The van der Waals surface area contributed by atoms with E-state index in [1.165, 1.54) is 29.6 Å². The van der Waals surface area contributed by atoms with Crippen LogP contribution in [0.1, 0.15) is 47.0 Å². The van der Waals surface area contributed by atoms with Gasteiger partial charge in [-0.2, -0.15) is 0 Å². The highest BCUT2D eigenvalue weighted by atomic mass is 14.0. The molecular formula is C13H22. The van der Waals surface area contributed by atoms with Crippen LogP contribution in [0.4, 0.5) is 0 Å². The molecule has 0 rings (SSSR count). The fourth-order valence-electron chi connectivity index (χ4n) is 1.13. The number of hydrogen-bond donors (Lipinski definition) is 0. The molecule has 0 aliphatic rings. The quantitative estimate of drug-likeness (QED) is 0.538. The van der Waals surface area contributed by atoms with Gasteiger partial charge in [-0.25, -0.2) is 0 Å². The van der Waals surface area contributed by atoms with Crippen LogP contribution in [-0.4, -0.2) is 0 Å². The van der Waals surface area contributed by atoms with Gasteiger partial charge < -0.3 is 0 Å². The van der Waals surface area contributed by atoms with Gasteiger partial charge in [0.05, 0.1) is 0 Å². The summed E-state index contributed by atoms with van der Waals surface area (Å²) in [7, 11) is 0. The minimum atomic E-state index is 1.03. The average molecular weight is 178 g/mol. The lowest BCUT2D eigenvalue weighted by Crippen LogP contribution is -1.85. The van der Waals surface area contributed by atoms with Crippen LogP contribution in [0.5, 0.6) is 0 Å². The van der Waals surface area contributed by atoms with Crippen molar-refractivity contribution in [3.8, 4) is 0 Å². The highest BCUT2D eigenvalue weighted by Gasteiger charge is 1.96. The monoisotopic (exact) mass is 178 g/mol. The second kappa shape index (κ2) is 6.71. The first-order valence-corrected chi connectivity index (χ1v) is 4.99. The van der Waals surface area contributed by atoms with E-state index in [1.54, 1.807) is 0 Å². The van der Waals surface area contributed by atoms with Crippen molar-refractivity contribution in [2.24, 2.45) is 0 Å². The van der Waals surface area contributed by atoms with Gasteiger partial charge in [0.1, 0.15) is 0 Å². The molecule has 0 unspecified atom stereocenters. The third kappa shape index (κ3) is 5.46. The van der Waals surface area contributed by atoms with Crippen molar-refractivity contribution in [1.82, 2.24) is 0 Å². The Bertz CT molecular complexity index is 216. The second-order valence-electron chi connectivity index (χ2n) is 3.69. The van der Waals surface area contributed by atoms with Crippen molar-refractivity contribution < 1.29 is 0 Å². The fourth-order valence-corrected chi connectivity index (χ4v) is 1.13. The van der Waals surface area contributed by atoms with E-state index in [1.807, 2.05) is 6.08 Å². The zero-order chi connectivity index (χ0) is 10.3. The van der Waals surface area contributed by atoms with Crippen molar-refractivity contribution in [3.63, 3.8) is 0 Å². The van der Waals surface area contributed by atoms with Crippen molar-refractivity contribution in [2.75, 3.05) is 0 Å². The van der Waals surface area contributed by atoms with Crippen molar-refractivity contribution >= 4 is 0 Å². The minimum absolute atomic E-state index is 1.03. The molecule has 0 amide bonds.